The van der Waals surface area contributed by atoms with Gasteiger partial charge in [-0.05, 0) is 62.6 Å². The van der Waals surface area contributed by atoms with E-state index in [0.717, 1.165) is 35.1 Å². The molecule has 3 rings (SSSR count). The minimum Gasteiger partial charge on any atom is -0.385 e. The fraction of sp³-hybridized carbons (Fsp3) is 0.435. The van der Waals surface area contributed by atoms with Gasteiger partial charge in [0.25, 0.3) is 11.8 Å². The highest BCUT2D eigenvalue weighted by Crippen LogP contribution is 2.30. The van der Waals surface area contributed by atoms with E-state index in [1.54, 1.807) is 7.11 Å². The molecule has 1 aromatic carbocycles. The first kappa shape index (κ1) is 22.4. The maximum atomic E-state index is 12.8. The van der Waals surface area contributed by atoms with Crippen LogP contribution in [0.15, 0.2) is 40.9 Å². The molecule has 1 aliphatic rings. The van der Waals surface area contributed by atoms with Crippen LogP contribution in [0.25, 0.3) is 0 Å². The minimum atomic E-state index is -0.0954. The molecule has 2 amide bonds. The van der Waals surface area contributed by atoms with Crippen LogP contribution in [-0.2, 0) is 4.74 Å². The lowest BCUT2D eigenvalue weighted by Crippen LogP contribution is -2.38. The second-order valence-electron chi connectivity index (χ2n) is 7.56. The zero-order valence-corrected chi connectivity index (χ0v) is 19.1. The van der Waals surface area contributed by atoms with Crippen molar-refractivity contribution in [2.45, 2.75) is 32.1 Å². The number of nitrogens with zero attached hydrogens (tertiary/aromatic N) is 2. The number of aryl methyl sites for hydroxylation is 1. The Morgan fingerprint density at radius 2 is 1.87 bits per heavy atom. The number of hydrogen-bond donors (Lipinski definition) is 1. The molecule has 0 spiro atoms. The van der Waals surface area contributed by atoms with Gasteiger partial charge in [0.05, 0.1) is 11.3 Å². The third kappa shape index (κ3) is 5.67. The standard InChI is InChI=1S/C23H28BrN3O3/c1-16-4-9-20(22(28)25-12-3-15-30-2)21(26-16)17-10-13-27(14-11-17)23(29)18-5-7-19(24)8-6-18/h4-9,17H,3,10-15H2,1-2H3,(H,25,28). The van der Waals surface area contributed by atoms with Crippen molar-refractivity contribution in [1.29, 1.82) is 0 Å². The van der Waals surface area contributed by atoms with Crippen molar-refractivity contribution in [3.05, 3.63) is 63.4 Å². The van der Waals surface area contributed by atoms with Gasteiger partial charge in [0, 0.05) is 55.0 Å². The van der Waals surface area contributed by atoms with Gasteiger partial charge in [0.1, 0.15) is 0 Å². The third-order valence-corrected chi connectivity index (χ3v) is 5.91. The molecule has 1 saturated heterocycles. The third-order valence-electron chi connectivity index (χ3n) is 5.38. The Balaban J connectivity index is 1.66. The van der Waals surface area contributed by atoms with Crippen molar-refractivity contribution in [2.24, 2.45) is 0 Å². The topological polar surface area (TPSA) is 71.5 Å². The second kappa shape index (κ2) is 10.7. The van der Waals surface area contributed by atoms with Gasteiger partial charge in [-0.2, -0.15) is 0 Å². The molecule has 7 heteroatoms. The molecule has 0 saturated carbocycles. The Morgan fingerprint density at radius 1 is 1.17 bits per heavy atom. The van der Waals surface area contributed by atoms with E-state index in [4.69, 9.17) is 9.72 Å². The van der Waals surface area contributed by atoms with Crippen molar-refractivity contribution in [3.63, 3.8) is 0 Å². The van der Waals surface area contributed by atoms with E-state index in [1.165, 1.54) is 0 Å². The lowest BCUT2D eigenvalue weighted by molar-refractivity contribution is 0.0710. The number of carbonyl (C=O) groups excluding carboxylic acids is 2. The van der Waals surface area contributed by atoms with E-state index < -0.39 is 0 Å². The van der Waals surface area contributed by atoms with Crippen LogP contribution in [0.2, 0.25) is 0 Å². The van der Waals surface area contributed by atoms with Crippen LogP contribution in [-0.4, -0.2) is 55.0 Å². The molecule has 0 atom stereocenters. The molecule has 0 radical (unpaired) electrons. The van der Waals surface area contributed by atoms with Crippen molar-refractivity contribution in [2.75, 3.05) is 33.4 Å². The van der Waals surface area contributed by atoms with Crippen LogP contribution in [0.1, 0.15) is 57.3 Å². The smallest absolute Gasteiger partial charge is 0.253 e. The van der Waals surface area contributed by atoms with E-state index in [9.17, 15) is 9.59 Å². The molecule has 0 bridgehead atoms. The van der Waals surface area contributed by atoms with E-state index in [0.29, 0.717) is 37.4 Å². The van der Waals surface area contributed by atoms with E-state index >= 15 is 0 Å². The number of aromatic nitrogens is 1. The Morgan fingerprint density at radius 3 is 2.53 bits per heavy atom. The summed E-state index contributed by atoms with van der Waals surface area (Å²) in [5.41, 5.74) is 3.07. The summed E-state index contributed by atoms with van der Waals surface area (Å²) in [6.07, 6.45) is 2.36. The highest BCUT2D eigenvalue weighted by Gasteiger charge is 2.28. The van der Waals surface area contributed by atoms with Gasteiger partial charge in [-0.1, -0.05) is 15.9 Å². The van der Waals surface area contributed by atoms with Crippen LogP contribution in [0.4, 0.5) is 0 Å². The van der Waals surface area contributed by atoms with Crippen molar-refractivity contribution in [1.82, 2.24) is 15.2 Å². The molecule has 0 aliphatic carbocycles. The predicted molar refractivity (Wildman–Crippen MR) is 120 cm³/mol. The van der Waals surface area contributed by atoms with E-state index in [-0.39, 0.29) is 17.7 Å². The molecular weight excluding hydrogens is 446 g/mol. The van der Waals surface area contributed by atoms with Crippen LogP contribution in [0.5, 0.6) is 0 Å². The summed E-state index contributed by atoms with van der Waals surface area (Å²) in [5.74, 6) is 0.120. The number of hydrogen-bond acceptors (Lipinski definition) is 4. The summed E-state index contributed by atoms with van der Waals surface area (Å²) in [7, 11) is 1.65. The highest BCUT2D eigenvalue weighted by molar-refractivity contribution is 9.10. The number of halogens is 1. The van der Waals surface area contributed by atoms with Crippen molar-refractivity contribution < 1.29 is 14.3 Å². The molecule has 1 fully saturated rings. The fourth-order valence-corrected chi connectivity index (χ4v) is 3.99. The molecule has 2 heterocycles. The summed E-state index contributed by atoms with van der Waals surface area (Å²) < 4.78 is 5.99. The van der Waals surface area contributed by atoms with Gasteiger partial charge in [-0.25, -0.2) is 0 Å². The van der Waals surface area contributed by atoms with Crippen LogP contribution in [0.3, 0.4) is 0 Å². The predicted octanol–water partition coefficient (Wildman–Crippen LogP) is 3.94. The Labute approximate surface area is 186 Å². The van der Waals surface area contributed by atoms with Gasteiger partial charge in [-0.3, -0.25) is 14.6 Å². The Kier molecular flexibility index (Phi) is 7.99. The van der Waals surface area contributed by atoms with Gasteiger partial charge in [0.2, 0.25) is 0 Å². The number of nitrogens with one attached hydrogen (secondary N) is 1. The normalized spacial score (nSPS) is 14.6. The van der Waals surface area contributed by atoms with Gasteiger partial charge in [0.15, 0.2) is 0 Å². The molecule has 2 aromatic rings. The minimum absolute atomic E-state index is 0.0502. The quantitative estimate of drug-likeness (QED) is 0.618. The van der Waals surface area contributed by atoms with Crippen LogP contribution >= 0.6 is 15.9 Å². The van der Waals surface area contributed by atoms with Crippen molar-refractivity contribution in [3.8, 4) is 0 Å². The number of methoxy groups -OCH3 is 1. The number of carbonyl (C=O) groups is 2. The van der Waals surface area contributed by atoms with Gasteiger partial charge < -0.3 is 15.0 Å². The lowest BCUT2D eigenvalue weighted by Gasteiger charge is -2.32. The van der Waals surface area contributed by atoms with Gasteiger partial charge >= 0.3 is 0 Å². The maximum Gasteiger partial charge on any atom is 0.253 e. The molecule has 1 aliphatic heterocycles. The summed E-state index contributed by atoms with van der Waals surface area (Å²) in [5, 5.41) is 2.96. The maximum absolute atomic E-state index is 12.8. The second-order valence-corrected chi connectivity index (χ2v) is 8.48. The highest BCUT2D eigenvalue weighted by atomic mass is 79.9. The first-order chi connectivity index (χ1) is 14.5. The zero-order chi connectivity index (χ0) is 21.5. The summed E-state index contributed by atoms with van der Waals surface area (Å²) in [6.45, 7) is 4.44. The lowest BCUT2D eigenvalue weighted by atomic mass is 9.89. The molecular formula is C23H28BrN3O3. The van der Waals surface area contributed by atoms with Crippen molar-refractivity contribution >= 4 is 27.7 Å². The molecule has 30 heavy (non-hydrogen) atoms. The number of pyridine rings is 1. The number of rotatable bonds is 7. The number of benzene rings is 1. The van der Waals surface area contributed by atoms with E-state index in [1.807, 2.05) is 48.2 Å². The molecule has 0 unspecified atom stereocenters. The summed E-state index contributed by atoms with van der Waals surface area (Å²) >= 11 is 3.40. The number of amides is 2. The van der Waals surface area contributed by atoms with Crippen LogP contribution < -0.4 is 5.32 Å². The number of likely N-dealkylation sites (tertiary alicyclic amines) is 1. The molecule has 160 valence electrons. The first-order valence-electron chi connectivity index (χ1n) is 10.3. The number of piperidine rings is 1. The SMILES string of the molecule is COCCCNC(=O)c1ccc(C)nc1C1CCN(C(=O)c2ccc(Br)cc2)CC1. The molecule has 6 nitrogen and oxygen atoms in total. The average molecular weight is 474 g/mol. The Hall–Kier alpha value is -2.25. The molecule has 1 aromatic heterocycles. The molecule has 1 N–H and O–H groups in total. The monoisotopic (exact) mass is 473 g/mol. The zero-order valence-electron chi connectivity index (χ0n) is 17.5. The average Bonchev–Trinajstić information content (AvgIpc) is 2.76. The van der Waals surface area contributed by atoms with Crippen LogP contribution in [0, 0.1) is 6.92 Å². The van der Waals surface area contributed by atoms with E-state index in [2.05, 4.69) is 21.2 Å². The summed E-state index contributed by atoms with van der Waals surface area (Å²) in [6, 6.07) is 11.2. The largest absolute Gasteiger partial charge is 0.385 e. The fourth-order valence-electron chi connectivity index (χ4n) is 3.72. The number of ether oxygens (including phenoxy) is 1. The van der Waals surface area contributed by atoms with Gasteiger partial charge in [-0.15, -0.1) is 0 Å². The Bertz CT molecular complexity index is 878. The first-order valence-corrected chi connectivity index (χ1v) is 11.1. The summed E-state index contributed by atoms with van der Waals surface area (Å²) in [4.78, 5) is 32.1.